The van der Waals surface area contributed by atoms with Gasteiger partial charge in [0.15, 0.2) is 18.2 Å². The fourth-order valence-electron chi connectivity index (χ4n) is 1.93. The second-order valence-corrected chi connectivity index (χ2v) is 6.37. The maximum absolute atomic E-state index is 11.9. The molecule has 0 aliphatic carbocycles. The van der Waals surface area contributed by atoms with Crippen LogP contribution in [0.3, 0.4) is 0 Å². The number of Topliss-reactive ketones (excluding diaryl/α,β-unsaturated/α-hetero) is 2. The lowest BCUT2D eigenvalue weighted by atomic mass is 10.1. The summed E-state index contributed by atoms with van der Waals surface area (Å²) in [7, 11) is 0. The topological polar surface area (TPSA) is 60.4 Å². The second kappa shape index (κ2) is 8.76. The van der Waals surface area contributed by atoms with Gasteiger partial charge in [0.2, 0.25) is 0 Å². The van der Waals surface area contributed by atoms with Crippen LogP contribution >= 0.6 is 27.5 Å². The van der Waals surface area contributed by atoms with Crippen LogP contribution in [0.15, 0.2) is 53.0 Å². The Morgan fingerprint density at radius 3 is 2.00 bits per heavy atom. The average molecular weight is 410 g/mol. The highest BCUT2D eigenvalue weighted by Crippen LogP contribution is 2.13. The molecule has 4 nitrogen and oxygen atoms in total. The predicted octanol–water partition coefficient (Wildman–Crippen LogP) is 4.49. The van der Waals surface area contributed by atoms with Gasteiger partial charge in [-0.3, -0.25) is 14.4 Å². The maximum atomic E-state index is 11.9. The summed E-state index contributed by atoms with van der Waals surface area (Å²) in [6.45, 7) is -0.338. The van der Waals surface area contributed by atoms with E-state index >= 15 is 0 Å². The molecular weight excluding hydrogens is 396 g/mol. The molecule has 0 bridgehead atoms. The summed E-state index contributed by atoms with van der Waals surface area (Å²) >= 11 is 9.03. The number of carbonyl (C=O) groups is 3. The zero-order chi connectivity index (χ0) is 17.5. The van der Waals surface area contributed by atoms with E-state index in [9.17, 15) is 14.4 Å². The molecule has 24 heavy (non-hydrogen) atoms. The third kappa shape index (κ3) is 5.58. The van der Waals surface area contributed by atoms with Crippen molar-refractivity contribution in [3.05, 3.63) is 69.2 Å². The smallest absolute Gasteiger partial charge is 0.306 e. The number of benzene rings is 2. The average Bonchev–Trinajstić information content (AvgIpc) is 2.58. The molecule has 0 heterocycles. The largest absolute Gasteiger partial charge is 0.457 e. The number of carbonyl (C=O) groups excluding carboxylic acids is 3. The van der Waals surface area contributed by atoms with Crippen LogP contribution in [0, 0.1) is 0 Å². The third-order valence-electron chi connectivity index (χ3n) is 3.25. The highest BCUT2D eigenvalue weighted by molar-refractivity contribution is 9.10. The van der Waals surface area contributed by atoms with Gasteiger partial charge in [0, 0.05) is 27.0 Å². The van der Waals surface area contributed by atoms with Crippen LogP contribution in [0.1, 0.15) is 33.6 Å². The number of ether oxygens (including phenoxy) is 1. The van der Waals surface area contributed by atoms with Gasteiger partial charge in [-0.2, -0.15) is 0 Å². The number of halogens is 2. The lowest BCUT2D eigenvalue weighted by molar-refractivity contribution is -0.142. The van der Waals surface area contributed by atoms with Crippen molar-refractivity contribution in [1.82, 2.24) is 0 Å². The normalized spacial score (nSPS) is 10.2. The predicted molar refractivity (Wildman–Crippen MR) is 94.4 cm³/mol. The Morgan fingerprint density at radius 1 is 0.833 bits per heavy atom. The van der Waals surface area contributed by atoms with Gasteiger partial charge < -0.3 is 4.74 Å². The fraction of sp³-hybridized carbons (Fsp3) is 0.167. The standard InChI is InChI=1S/C18H14BrClO4/c19-14-5-1-13(2-6-14)17(22)11-24-18(23)10-9-16(21)12-3-7-15(20)8-4-12/h1-8H,9-11H2. The SMILES string of the molecule is O=C(CCC(=O)c1ccc(Cl)cc1)OCC(=O)c1ccc(Br)cc1. The molecule has 124 valence electrons. The van der Waals surface area contributed by atoms with Crippen LogP contribution in [0.4, 0.5) is 0 Å². The molecule has 6 heteroatoms. The molecule has 0 unspecified atom stereocenters. The van der Waals surface area contributed by atoms with E-state index in [0.29, 0.717) is 16.1 Å². The van der Waals surface area contributed by atoms with Crippen LogP contribution in [0.25, 0.3) is 0 Å². The summed E-state index contributed by atoms with van der Waals surface area (Å²) in [6.07, 6.45) is -0.0536. The van der Waals surface area contributed by atoms with Gasteiger partial charge in [-0.05, 0) is 36.4 Å². The Morgan fingerprint density at radius 2 is 1.38 bits per heavy atom. The first-order valence-corrected chi connectivity index (χ1v) is 8.36. The van der Waals surface area contributed by atoms with Crippen molar-refractivity contribution < 1.29 is 19.1 Å². The lowest BCUT2D eigenvalue weighted by Gasteiger charge is -2.05. The molecule has 0 saturated carbocycles. The number of hydrogen-bond acceptors (Lipinski definition) is 4. The van der Waals surface area contributed by atoms with Gasteiger partial charge in [0.05, 0.1) is 6.42 Å². The molecule has 0 aliphatic rings. The van der Waals surface area contributed by atoms with Crippen molar-refractivity contribution in [1.29, 1.82) is 0 Å². The Kier molecular flexibility index (Phi) is 6.70. The van der Waals surface area contributed by atoms with Crippen LogP contribution in [-0.4, -0.2) is 24.1 Å². The van der Waals surface area contributed by atoms with Gasteiger partial charge in [0.25, 0.3) is 0 Å². The summed E-state index contributed by atoms with van der Waals surface area (Å²) in [5, 5.41) is 0.539. The van der Waals surface area contributed by atoms with E-state index < -0.39 is 5.97 Å². The molecule has 2 aromatic carbocycles. The summed E-state index contributed by atoms with van der Waals surface area (Å²) < 4.78 is 5.78. The summed E-state index contributed by atoms with van der Waals surface area (Å²) in [6, 6.07) is 13.2. The maximum Gasteiger partial charge on any atom is 0.306 e. The zero-order valence-corrected chi connectivity index (χ0v) is 15.0. The van der Waals surface area contributed by atoms with E-state index in [-0.39, 0.29) is 31.0 Å². The first kappa shape index (κ1) is 18.4. The first-order chi connectivity index (χ1) is 11.5. The van der Waals surface area contributed by atoms with E-state index in [2.05, 4.69) is 15.9 Å². The van der Waals surface area contributed by atoms with E-state index in [1.165, 1.54) is 0 Å². The first-order valence-electron chi connectivity index (χ1n) is 7.19. The molecule has 0 atom stereocenters. The molecule has 0 N–H and O–H groups in total. The molecular formula is C18H14BrClO4. The molecule has 0 spiro atoms. The highest BCUT2D eigenvalue weighted by Gasteiger charge is 2.13. The lowest BCUT2D eigenvalue weighted by Crippen LogP contribution is -2.15. The molecule has 0 amide bonds. The number of rotatable bonds is 7. The van der Waals surface area contributed by atoms with Crippen molar-refractivity contribution in [2.75, 3.05) is 6.61 Å². The highest BCUT2D eigenvalue weighted by atomic mass is 79.9. The van der Waals surface area contributed by atoms with Crippen molar-refractivity contribution in [3.8, 4) is 0 Å². The number of ketones is 2. The Labute approximate surface area is 152 Å². The van der Waals surface area contributed by atoms with Crippen molar-refractivity contribution in [2.24, 2.45) is 0 Å². The third-order valence-corrected chi connectivity index (χ3v) is 4.03. The molecule has 0 aliphatic heterocycles. The van der Waals surface area contributed by atoms with Crippen molar-refractivity contribution in [2.45, 2.75) is 12.8 Å². The fourth-order valence-corrected chi connectivity index (χ4v) is 2.32. The van der Waals surface area contributed by atoms with Crippen LogP contribution in [-0.2, 0) is 9.53 Å². The minimum atomic E-state index is -0.581. The minimum absolute atomic E-state index is 0.0208. The molecule has 0 aromatic heterocycles. The number of hydrogen-bond donors (Lipinski definition) is 0. The number of esters is 1. The van der Waals surface area contributed by atoms with Gasteiger partial charge in [-0.25, -0.2) is 0 Å². The molecule has 0 saturated heterocycles. The summed E-state index contributed by atoms with van der Waals surface area (Å²) in [5.41, 5.74) is 0.946. The second-order valence-electron chi connectivity index (χ2n) is 5.02. The van der Waals surface area contributed by atoms with Crippen LogP contribution in [0.2, 0.25) is 5.02 Å². The van der Waals surface area contributed by atoms with E-state index in [4.69, 9.17) is 16.3 Å². The van der Waals surface area contributed by atoms with Crippen molar-refractivity contribution in [3.63, 3.8) is 0 Å². The quantitative estimate of drug-likeness (QED) is 0.499. The zero-order valence-electron chi connectivity index (χ0n) is 12.6. The van der Waals surface area contributed by atoms with Crippen LogP contribution < -0.4 is 0 Å². The van der Waals surface area contributed by atoms with Gasteiger partial charge in [-0.15, -0.1) is 0 Å². The Hall–Kier alpha value is -1.98. The van der Waals surface area contributed by atoms with E-state index in [0.717, 1.165) is 4.47 Å². The van der Waals surface area contributed by atoms with Gasteiger partial charge in [0.1, 0.15) is 0 Å². The van der Waals surface area contributed by atoms with E-state index in [1.807, 2.05) is 0 Å². The monoisotopic (exact) mass is 408 g/mol. The van der Waals surface area contributed by atoms with Gasteiger partial charge >= 0.3 is 5.97 Å². The molecule has 0 fully saturated rings. The Balaban J connectivity index is 1.77. The summed E-state index contributed by atoms with van der Waals surface area (Å²) in [4.78, 5) is 35.5. The van der Waals surface area contributed by atoms with Gasteiger partial charge in [-0.1, -0.05) is 39.7 Å². The Bertz CT molecular complexity index is 675. The van der Waals surface area contributed by atoms with Crippen molar-refractivity contribution >= 4 is 45.1 Å². The molecule has 2 aromatic rings. The van der Waals surface area contributed by atoms with E-state index in [1.54, 1.807) is 48.5 Å². The summed E-state index contributed by atoms with van der Waals surface area (Å²) in [5.74, 6) is -1.05. The van der Waals surface area contributed by atoms with Crippen LogP contribution in [0.5, 0.6) is 0 Å². The minimum Gasteiger partial charge on any atom is -0.457 e. The molecule has 2 rings (SSSR count). The molecule has 0 radical (unpaired) electrons.